The predicted molar refractivity (Wildman–Crippen MR) is 89.0 cm³/mol. The lowest BCUT2D eigenvalue weighted by atomic mass is 9.80. The fourth-order valence-corrected chi connectivity index (χ4v) is 3.08. The molecule has 2 rings (SSSR count). The van der Waals surface area contributed by atoms with Crippen molar-refractivity contribution < 1.29 is 24.2 Å². The first kappa shape index (κ1) is 18.3. The summed E-state index contributed by atoms with van der Waals surface area (Å²) in [5, 5.41) is 9.57. The maximum atomic E-state index is 12.7. The summed E-state index contributed by atoms with van der Waals surface area (Å²) in [4.78, 5) is 25.9. The molecule has 1 aromatic carbocycles. The first-order valence-electron chi connectivity index (χ1n) is 8.12. The first-order valence-corrected chi connectivity index (χ1v) is 8.12. The Bertz CT molecular complexity index is 582. The van der Waals surface area contributed by atoms with E-state index in [0.717, 1.165) is 5.56 Å². The van der Waals surface area contributed by atoms with Crippen LogP contribution in [-0.4, -0.2) is 54.8 Å². The number of hydrogen-bond donors (Lipinski definition) is 1. The third-order valence-electron chi connectivity index (χ3n) is 4.44. The molecule has 0 radical (unpaired) electrons. The average Bonchev–Trinajstić information content (AvgIpc) is 2.56. The summed E-state index contributed by atoms with van der Waals surface area (Å²) in [5.74, 6) is -0.495. The Balaban J connectivity index is 2.04. The van der Waals surface area contributed by atoms with E-state index in [1.165, 1.54) is 7.11 Å². The molecule has 1 aliphatic heterocycles. The van der Waals surface area contributed by atoms with Gasteiger partial charge in [-0.25, -0.2) is 0 Å². The second-order valence-electron chi connectivity index (χ2n) is 6.45. The molecule has 1 heterocycles. The number of carboxylic acid groups (broad SMARTS) is 1. The Morgan fingerprint density at radius 1 is 1.33 bits per heavy atom. The zero-order valence-electron chi connectivity index (χ0n) is 14.4. The topological polar surface area (TPSA) is 76.1 Å². The van der Waals surface area contributed by atoms with E-state index in [9.17, 15) is 14.7 Å². The number of piperidine rings is 1. The molecule has 0 bridgehead atoms. The van der Waals surface area contributed by atoms with Crippen molar-refractivity contribution in [1.82, 2.24) is 4.90 Å². The molecule has 1 N–H and O–H groups in total. The minimum atomic E-state index is -1.04. The molecule has 1 aliphatic rings. The van der Waals surface area contributed by atoms with Crippen molar-refractivity contribution in [3.63, 3.8) is 0 Å². The number of amides is 1. The van der Waals surface area contributed by atoms with E-state index < -0.39 is 17.5 Å². The van der Waals surface area contributed by atoms with Crippen molar-refractivity contribution in [2.24, 2.45) is 5.41 Å². The normalized spacial score (nSPS) is 22.0. The van der Waals surface area contributed by atoms with Gasteiger partial charge in [-0.2, -0.15) is 0 Å². The molecule has 0 aromatic heterocycles. The Hall–Kier alpha value is -2.08. The molecule has 1 amide bonds. The Morgan fingerprint density at radius 2 is 2.00 bits per heavy atom. The Labute approximate surface area is 142 Å². The van der Waals surface area contributed by atoms with Gasteiger partial charge in [0, 0.05) is 20.2 Å². The number of nitrogens with zero attached hydrogens (tertiary/aromatic N) is 1. The van der Waals surface area contributed by atoms with Gasteiger partial charge in [-0.3, -0.25) is 9.59 Å². The van der Waals surface area contributed by atoms with Crippen molar-refractivity contribution in [2.45, 2.75) is 32.8 Å². The first-order chi connectivity index (χ1) is 11.4. The molecule has 0 spiro atoms. The van der Waals surface area contributed by atoms with Gasteiger partial charge in [-0.1, -0.05) is 17.7 Å². The second kappa shape index (κ2) is 7.66. The second-order valence-corrected chi connectivity index (χ2v) is 6.45. The third-order valence-corrected chi connectivity index (χ3v) is 4.44. The number of carboxylic acids is 1. The minimum Gasteiger partial charge on any atom is -0.481 e. The van der Waals surface area contributed by atoms with Gasteiger partial charge in [-0.05, 0) is 38.8 Å². The van der Waals surface area contributed by atoms with Gasteiger partial charge in [0.25, 0.3) is 5.91 Å². The Kier molecular flexibility index (Phi) is 5.83. The number of rotatable bonds is 6. The number of hydrogen-bond acceptors (Lipinski definition) is 4. The van der Waals surface area contributed by atoms with Crippen LogP contribution >= 0.6 is 0 Å². The lowest BCUT2D eigenvalue weighted by molar-refractivity contribution is -0.160. The molecule has 2 atom stereocenters. The standard InChI is InChI=1S/C18H25NO5/c1-13-5-7-15(8-6-13)24-14(2)16(20)19-10-4-9-18(11-19,12-23-3)17(21)22/h5-8,14H,4,9-12H2,1-3H3,(H,21,22). The fourth-order valence-electron chi connectivity index (χ4n) is 3.08. The highest BCUT2D eigenvalue weighted by Gasteiger charge is 2.44. The Morgan fingerprint density at radius 3 is 2.58 bits per heavy atom. The third kappa shape index (κ3) is 4.06. The molecule has 0 saturated carbocycles. The highest BCUT2D eigenvalue weighted by molar-refractivity contribution is 5.83. The molecular weight excluding hydrogens is 310 g/mol. The largest absolute Gasteiger partial charge is 0.481 e. The van der Waals surface area contributed by atoms with Crippen LogP contribution in [0.2, 0.25) is 0 Å². The summed E-state index contributed by atoms with van der Waals surface area (Å²) in [6, 6.07) is 7.48. The van der Waals surface area contributed by atoms with E-state index >= 15 is 0 Å². The van der Waals surface area contributed by atoms with Gasteiger partial charge < -0.3 is 19.5 Å². The van der Waals surface area contributed by atoms with Gasteiger partial charge in [-0.15, -0.1) is 0 Å². The van der Waals surface area contributed by atoms with E-state index in [0.29, 0.717) is 25.1 Å². The zero-order valence-corrected chi connectivity index (χ0v) is 14.4. The lowest BCUT2D eigenvalue weighted by Crippen LogP contribution is -2.54. The summed E-state index contributed by atoms with van der Waals surface area (Å²) in [7, 11) is 1.48. The number of aliphatic carboxylic acids is 1. The van der Waals surface area contributed by atoms with Crippen LogP contribution in [0.15, 0.2) is 24.3 Å². The molecule has 132 valence electrons. The van der Waals surface area contributed by atoms with Crippen LogP contribution in [0.5, 0.6) is 5.75 Å². The van der Waals surface area contributed by atoms with Crippen LogP contribution in [0.25, 0.3) is 0 Å². The monoisotopic (exact) mass is 335 g/mol. The maximum Gasteiger partial charge on any atom is 0.313 e. The summed E-state index contributed by atoms with van der Waals surface area (Å²) >= 11 is 0. The number of aryl methyl sites for hydroxylation is 1. The number of likely N-dealkylation sites (tertiary alicyclic amines) is 1. The van der Waals surface area contributed by atoms with E-state index in [-0.39, 0.29) is 19.1 Å². The number of benzene rings is 1. The van der Waals surface area contributed by atoms with Crippen molar-refractivity contribution >= 4 is 11.9 Å². The summed E-state index contributed by atoms with van der Waals surface area (Å²) in [5.41, 5.74) is 0.0786. The maximum absolute atomic E-state index is 12.7. The summed E-state index contributed by atoms with van der Waals surface area (Å²) in [6.45, 7) is 4.46. The van der Waals surface area contributed by atoms with E-state index in [1.54, 1.807) is 11.8 Å². The van der Waals surface area contributed by atoms with Crippen LogP contribution in [0.1, 0.15) is 25.3 Å². The molecule has 6 nitrogen and oxygen atoms in total. The zero-order chi connectivity index (χ0) is 17.7. The quantitative estimate of drug-likeness (QED) is 0.861. The van der Waals surface area contributed by atoms with E-state index in [4.69, 9.17) is 9.47 Å². The molecule has 1 fully saturated rings. The van der Waals surface area contributed by atoms with Crippen molar-refractivity contribution in [2.75, 3.05) is 26.8 Å². The highest BCUT2D eigenvalue weighted by atomic mass is 16.5. The van der Waals surface area contributed by atoms with Crippen LogP contribution in [0.3, 0.4) is 0 Å². The average molecular weight is 335 g/mol. The number of carbonyl (C=O) groups excluding carboxylic acids is 1. The van der Waals surface area contributed by atoms with Crippen molar-refractivity contribution in [3.05, 3.63) is 29.8 Å². The van der Waals surface area contributed by atoms with Gasteiger partial charge >= 0.3 is 5.97 Å². The van der Waals surface area contributed by atoms with Crippen molar-refractivity contribution in [1.29, 1.82) is 0 Å². The van der Waals surface area contributed by atoms with Crippen LogP contribution in [-0.2, 0) is 14.3 Å². The summed E-state index contributed by atoms with van der Waals surface area (Å²) < 4.78 is 10.8. The predicted octanol–water partition coefficient (Wildman–Crippen LogP) is 2.10. The molecule has 1 aromatic rings. The fraction of sp³-hybridized carbons (Fsp3) is 0.556. The smallest absolute Gasteiger partial charge is 0.313 e. The lowest BCUT2D eigenvalue weighted by Gasteiger charge is -2.40. The molecule has 24 heavy (non-hydrogen) atoms. The van der Waals surface area contributed by atoms with Crippen LogP contribution in [0, 0.1) is 12.3 Å². The molecule has 2 unspecified atom stereocenters. The van der Waals surface area contributed by atoms with Gasteiger partial charge in [0.2, 0.25) is 0 Å². The van der Waals surface area contributed by atoms with E-state index in [1.807, 2.05) is 31.2 Å². The highest BCUT2D eigenvalue weighted by Crippen LogP contribution is 2.31. The van der Waals surface area contributed by atoms with Crippen molar-refractivity contribution in [3.8, 4) is 5.75 Å². The SMILES string of the molecule is COCC1(C(=O)O)CCCN(C(=O)C(C)Oc2ccc(C)cc2)C1. The molecule has 6 heteroatoms. The van der Waals surface area contributed by atoms with E-state index in [2.05, 4.69) is 0 Å². The van der Waals surface area contributed by atoms with Gasteiger partial charge in [0.15, 0.2) is 6.10 Å². The van der Waals surface area contributed by atoms with Gasteiger partial charge in [0.1, 0.15) is 11.2 Å². The molecular formula is C18H25NO5. The number of carbonyl (C=O) groups is 2. The summed E-state index contributed by atoms with van der Waals surface area (Å²) in [6.07, 6.45) is 0.478. The number of ether oxygens (including phenoxy) is 2. The van der Waals surface area contributed by atoms with Gasteiger partial charge in [0.05, 0.1) is 6.61 Å². The molecule has 1 saturated heterocycles. The van der Waals surface area contributed by atoms with Crippen LogP contribution < -0.4 is 4.74 Å². The molecule has 0 aliphatic carbocycles. The number of methoxy groups -OCH3 is 1. The minimum absolute atomic E-state index is 0.0965. The van der Waals surface area contributed by atoms with Crippen LogP contribution in [0.4, 0.5) is 0 Å².